The van der Waals surface area contributed by atoms with E-state index in [1.165, 1.54) is 0 Å². The van der Waals surface area contributed by atoms with Crippen molar-refractivity contribution in [2.24, 2.45) is 5.73 Å². The summed E-state index contributed by atoms with van der Waals surface area (Å²) in [4.78, 5) is 11.2. The highest BCUT2D eigenvalue weighted by molar-refractivity contribution is 7.98. The number of carbonyl (C=O) groups excluding carboxylic acids is 1. The molecule has 0 aromatic heterocycles. The van der Waals surface area contributed by atoms with Crippen molar-refractivity contribution in [3.63, 3.8) is 0 Å². The van der Waals surface area contributed by atoms with Gasteiger partial charge in [0.1, 0.15) is 5.78 Å². The van der Waals surface area contributed by atoms with E-state index in [2.05, 4.69) is 5.32 Å². The van der Waals surface area contributed by atoms with Gasteiger partial charge in [-0.15, -0.1) is 0 Å². The van der Waals surface area contributed by atoms with Crippen LogP contribution in [0.5, 0.6) is 0 Å². The minimum atomic E-state index is -0.477. The van der Waals surface area contributed by atoms with Gasteiger partial charge in [0.15, 0.2) is 0 Å². The molecule has 0 amide bonds. The molecule has 0 saturated heterocycles. The standard InChI is InChI=1S/C9H20N2OS/c1-7(12)8(5-6-13-4)11-9(2,3)10/h8,11H,5-6,10H2,1-4H3. The first-order valence-electron chi connectivity index (χ1n) is 4.43. The van der Waals surface area contributed by atoms with Crippen LogP contribution in [0.3, 0.4) is 0 Å². The lowest BCUT2D eigenvalue weighted by atomic mass is 10.1. The topological polar surface area (TPSA) is 55.1 Å². The Morgan fingerprint density at radius 1 is 1.62 bits per heavy atom. The molecule has 0 aromatic carbocycles. The van der Waals surface area contributed by atoms with Gasteiger partial charge in [-0.05, 0) is 39.2 Å². The molecule has 4 heteroatoms. The van der Waals surface area contributed by atoms with Gasteiger partial charge < -0.3 is 5.73 Å². The first kappa shape index (κ1) is 12.9. The van der Waals surface area contributed by atoms with Crippen molar-refractivity contribution in [1.29, 1.82) is 0 Å². The Hall–Kier alpha value is -0.0600. The van der Waals surface area contributed by atoms with E-state index in [0.717, 1.165) is 12.2 Å². The van der Waals surface area contributed by atoms with Gasteiger partial charge in [0.25, 0.3) is 0 Å². The van der Waals surface area contributed by atoms with Crippen LogP contribution in [0.15, 0.2) is 0 Å². The summed E-state index contributed by atoms with van der Waals surface area (Å²) in [6.45, 7) is 5.33. The Kier molecular flexibility index (Phi) is 5.60. The normalized spacial score (nSPS) is 14.2. The highest BCUT2D eigenvalue weighted by atomic mass is 32.2. The Bertz CT molecular complexity index is 165. The monoisotopic (exact) mass is 204 g/mol. The summed E-state index contributed by atoms with van der Waals surface area (Å²) in [6.07, 6.45) is 2.88. The number of hydrogen-bond acceptors (Lipinski definition) is 4. The molecule has 3 N–H and O–H groups in total. The molecule has 0 saturated carbocycles. The molecule has 3 nitrogen and oxygen atoms in total. The van der Waals surface area contributed by atoms with Crippen LogP contribution in [0.4, 0.5) is 0 Å². The molecule has 1 unspecified atom stereocenters. The first-order chi connectivity index (χ1) is 5.87. The third-order valence-electron chi connectivity index (χ3n) is 1.65. The van der Waals surface area contributed by atoms with Gasteiger partial charge in [-0.1, -0.05) is 0 Å². The van der Waals surface area contributed by atoms with Crippen LogP contribution in [0.2, 0.25) is 0 Å². The van der Waals surface area contributed by atoms with E-state index in [0.29, 0.717) is 0 Å². The van der Waals surface area contributed by atoms with E-state index in [1.54, 1.807) is 18.7 Å². The predicted octanol–water partition coefficient (Wildman–Crippen LogP) is 0.981. The Balaban J connectivity index is 4.03. The van der Waals surface area contributed by atoms with E-state index in [4.69, 9.17) is 5.73 Å². The van der Waals surface area contributed by atoms with Gasteiger partial charge in [-0.25, -0.2) is 0 Å². The molecule has 0 rings (SSSR count). The number of nitrogens with one attached hydrogen (secondary N) is 1. The van der Waals surface area contributed by atoms with Crippen LogP contribution < -0.4 is 11.1 Å². The van der Waals surface area contributed by atoms with E-state index >= 15 is 0 Å². The van der Waals surface area contributed by atoms with Crippen molar-refractivity contribution in [3.8, 4) is 0 Å². The molecular weight excluding hydrogens is 184 g/mol. The fourth-order valence-corrected chi connectivity index (χ4v) is 1.53. The van der Waals surface area contributed by atoms with Crippen molar-refractivity contribution in [2.45, 2.75) is 38.9 Å². The fraction of sp³-hybridized carbons (Fsp3) is 0.889. The van der Waals surface area contributed by atoms with Gasteiger partial charge in [-0.2, -0.15) is 11.8 Å². The third kappa shape index (κ3) is 7.05. The van der Waals surface area contributed by atoms with E-state index < -0.39 is 5.66 Å². The number of ketones is 1. The highest BCUT2D eigenvalue weighted by Crippen LogP contribution is 2.04. The number of nitrogens with two attached hydrogens (primary N) is 1. The van der Waals surface area contributed by atoms with Gasteiger partial charge in [0.2, 0.25) is 0 Å². The van der Waals surface area contributed by atoms with Crippen molar-refractivity contribution >= 4 is 17.5 Å². The van der Waals surface area contributed by atoms with E-state index in [1.807, 2.05) is 20.1 Å². The van der Waals surface area contributed by atoms with Gasteiger partial charge >= 0.3 is 0 Å². The van der Waals surface area contributed by atoms with Crippen LogP contribution in [0.25, 0.3) is 0 Å². The van der Waals surface area contributed by atoms with Crippen molar-refractivity contribution in [3.05, 3.63) is 0 Å². The fourth-order valence-electron chi connectivity index (χ4n) is 1.06. The lowest BCUT2D eigenvalue weighted by Gasteiger charge is -2.26. The van der Waals surface area contributed by atoms with E-state index in [-0.39, 0.29) is 11.8 Å². The van der Waals surface area contributed by atoms with Gasteiger partial charge in [0, 0.05) is 0 Å². The molecule has 0 aliphatic heterocycles. The maximum Gasteiger partial charge on any atom is 0.146 e. The quantitative estimate of drug-likeness (QED) is 0.633. The molecule has 0 aliphatic rings. The lowest BCUT2D eigenvalue weighted by molar-refractivity contribution is -0.119. The third-order valence-corrected chi connectivity index (χ3v) is 2.29. The molecule has 0 radical (unpaired) electrons. The van der Waals surface area contributed by atoms with Crippen LogP contribution in [0.1, 0.15) is 27.2 Å². The minimum Gasteiger partial charge on any atom is -0.314 e. The predicted molar refractivity (Wildman–Crippen MR) is 58.9 cm³/mol. The molecule has 13 heavy (non-hydrogen) atoms. The summed E-state index contributed by atoms with van der Waals surface area (Å²) in [7, 11) is 0. The molecule has 0 aliphatic carbocycles. The average Bonchev–Trinajstić information content (AvgIpc) is 1.95. The Morgan fingerprint density at radius 2 is 2.15 bits per heavy atom. The van der Waals surface area contributed by atoms with Crippen LogP contribution >= 0.6 is 11.8 Å². The summed E-state index contributed by atoms with van der Waals surface area (Å²) in [6, 6.07) is -0.104. The molecule has 0 spiro atoms. The number of rotatable bonds is 6. The summed E-state index contributed by atoms with van der Waals surface area (Å²) in [5, 5.41) is 3.11. The number of carbonyl (C=O) groups is 1. The highest BCUT2D eigenvalue weighted by Gasteiger charge is 2.20. The summed E-state index contributed by atoms with van der Waals surface area (Å²) in [5.74, 6) is 1.14. The van der Waals surface area contributed by atoms with Crippen molar-refractivity contribution in [1.82, 2.24) is 5.32 Å². The minimum absolute atomic E-state index is 0.104. The molecule has 0 bridgehead atoms. The van der Waals surface area contributed by atoms with Crippen LogP contribution in [-0.2, 0) is 4.79 Å². The van der Waals surface area contributed by atoms with E-state index in [9.17, 15) is 4.79 Å². The van der Waals surface area contributed by atoms with Gasteiger partial charge in [0.05, 0.1) is 11.7 Å². The zero-order valence-electron chi connectivity index (χ0n) is 8.89. The summed E-state index contributed by atoms with van der Waals surface area (Å²) >= 11 is 1.74. The average molecular weight is 204 g/mol. The zero-order chi connectivity index (χ0) is 10.5. The maximum absolute atomic E-state index is 11.2. The van der Waals surface area contributed by atoms with Crippen molar-refractivity contribution < 1.29 is 4.79 Å². The largest absolute Gasteiger partial charge is 0.314 e. The molecule has 0 aromatic rings. The maximum atomic E-state index is 11.2. The van der Waals surface area contributed by atoms with Crippen LogP contribution in [-0.4, -0.2) is 29.5 Å². The zero-order valence-corrected chi connectivity index (χ0v) is 9.70. The number of thioether (sulfide) groups is 1. The Labute approximate surface area is 84.8 Å². The smallest absolute Gasteiger partial charge is 0.146 e. The summed E-state index contributed by atoms with van der Waals surface area (Å²) < 4.78 is 0. The molecule has 0 heterocycles. The first-order valence-corrected chi connectivity index (χ1v) is 5.82. The SMILES string of the molecule is CSCCC(NC(C)(C)N)C(C)=O. The Morgan fingerprint density at radius 3 is 2.46 bits per heavy atom. The summed E-state index contributed by atoms with van der Waals surface area (Å²) in [5.41, 5.74) is 5.30. The van der Waals surface area contributed by atoms with Gasteiger partial charge in [-0.3, -0.25) is 10.1 Å². The van der Waals surface area contributed by atoms with Crippen molar-refractivity contribution in [2.75, 3.05) is 12.0 Å². The second kappa shape index (κ2) is 5.62. The second-order valence-electron chi connectivity index (χ2n) is 3.81. The van der Waals surface area contributed by atoms with Crippen LogP contribution in [0, 0.1) is 0 Å². The second-order valence-corrected chi connectivity index (χ2v) is 4.80. The molecule has 78 valence electrons. The lowest BCUT2D eigenvalue weighted by Crippen LogP contribution is -2.54. The molecular formula is C9H20N2OS. The molecule has 1 atom stereocenters. The molecule has 0 fully saturated rings. The number of Topliss-reactive ketones (excluding diaryl/α,β-unsaturated/α-hetero) is 1. The number of hydrogen-bond donors (Lipinski definition) is 2.